The van der Waals surface area contributed by atoms with Gasteiger partial charge in [-0.1, -0.05) is 6.07 Å². The van der Waals surface area contributed by atoms with Crippen LogP contribution in [0.15, 0.2) is 18.3 Å². The van der Waals surface area contributed by atoms with Crippen molar-refractivity contribution in [1.29, 1.82) is 0 Å². The molecule has 5 nitrogen and oxygen atoms in total. The first kappa shape index (κ1) is 13.0. The first-order chi connectivity index (χ1) is 8.76. The second-order valence-electron chi connectivity index (χ2n) is 4.56. The zero-order valence-corrected chi connectivity index (χ0v) is 10.4. The van der Waals surface area contributed by atoms with Crippen LogP contribution in [-0.2, 0) is 6.54 Å². The quantitative estimate of drug-likeness (QED) is 0.797. The maximum Gasteiger partial charge on any atom is 0.272 e. The minimum absolute atomic E-state index is 0.0108. The van der Waals surface area contributed by atoms with Crippen LogP contribution in [0.1, 0.15) is 35.3 Å². The van der Waals surface area contributed by atoms with Gasteiger partial charge in [-0.05, 0) is 30.9 Å². The van der Waals surface area contributed by atoms with Crippen LogP contribution in [-0.4, -0.2) is 40.1 Å². The fraction of sp³-hybridized carbons (Fsp3) is 0.538. The number of pyridine rings is 1. The molecule has 0 atom stereocenters. The Labute approximate surface area is 107 Å². The van der Waals surface area contributed by atoms with Gasteiger partial charge in [-0.15, -0.1) is 0 Å². The zero-order valence-electron chi connectivity index (χ0n) is 10.4. The third kappa shape index (κ3) is 2.68. The first-order valence-electron chi connectivity index (χ1n) is 6.33. The zero-order chi connectivity index (χ0) is 13.0. The summed E-state index contributed by atoms with van der Waals surface area (Å²) in [5.74, 6) is -0.0997. The molecule has 0 bridgehead atoms. The molecular weight excluding hydrogens is 230 g/mol. The highest BCUT2D eigenvalue weighted by Gasteiger charge is 2.29. The Kier molecular flexibility index (Phi) is 4.28. The number of nitrogens with zero attached hydrogens (tertiary/aromatic N) is 2. The van der Waals surface area contributed by atoms with E-state index in [1.165, 1.54) is 0 Å². The molecule has 0 unspecified atom stereocenters. The standard InChI is InChI=1S/C13H19N3O2/c14-8-10-4-5-12(15-9-10)13(18)16(6-7-17)11-2-1-3-11/h4-5,9,11,17H,1-3,6-8,14H2. The van der Waals surface area contributed by atoms with E-state index in [4.69, 9.17) is 10.8 Å². The summed E-state index contributed by atoms with van der Waals surface area (Å²) >= 11 is 0. The molecule has 18 heavy (non-hydrogen) atoms. The molecule has 1 amide bonds. The Bertz CT molecular complexity index is 401. The number of nitrogens with two attached hydrogens (primary N) is 1. The molecular formula is C13H19N3O2. The maximum atomic E-state index is 12.3. The summed E-state index contributed by atoms with van der Waals surface area (Å²) in [6, 6.07) is 3.78. The van der Waals surface area contributed by atoms with Gasteiger partial charge in [0.15, 0.2) is 0 Å². The average Bonchev–Trinajstić information content (AvgIpc) is 2.35. The normalized spacial score (nSPS) is 15.2. The highest BCUT2D eigenvalue weighted by molar-refractivity contribution is 5.92. The van der Waals surface area contributed by atoms with Gasteiger partial charge in [0, 0.05) is 25.3 Å². The van der Waals surface area contributed by atoms with Crippen LogP contribution in [0.4, 0.5) is 0 Å². The van der Waals surface area contributed by atoms with E-state index >= 15 is 0 Å². The van der Waals surface area contributed by atoms with Crippen LogP contribution in [0.2, 0.25) is 0 Å². The summed E-state index contributed by atoms with van der Waals surface area (Å²) in [6.07, 6.45) is 4.82. The number of carbonyl (C=O) groups excluding carboxylic acids is 1. The van der Waals surface area contributed by atoms with E-state index in [0.717, 1.165) is 24.8 Å². The number of amides is 1. The van der Waals surface area contributed by atoms with Gasteiger partial charge in [-0.3, -0.25) is 9.78 Å². The smallest absolute Gasteiger partial charge is 0.272 e. The van der Waals surface area contributed by atoms with Crippen LogP contribution in [0.5, 0.6) is 0 Å². The second-order valence-corrected chi connectivity index (χ2v) is 4.56. The third-order valence-electron chi connectivity index (χ3n) is 3.40. The van der Waals surface area contributed by atoms with Crippen LogP contribution >= 0.6 is 0 Å². The lowest BCUT2D eigenvalue weighted by molar-refractivity contribution is 0.0520. The lowest BCUT2D eigenvalue weighted by atomic mass is 9.91. The number of hydrogen-bond donors (Lipinski definition) is 2. The third-order valence-corrected chi connectivity index (χ3v) is 3.40. The van der Waals surface area contributed by atoms with Crippen molar-refractivity contribution in [3.05, 3.63) is 29.6 Å². The lowest BCUT2D eigenvalue weighted by Gasteiger charge is -2.37. The number of rotatable bonds is 5. The molecule has 2 rings (SSSR count). The van der Waals surface area contributed by atoms with Crippen LogP contribution in [0.25, 0.3) is 0 Å². The summed E-state index contributed by atoms with van der Waals surface area (Å²) < 4.78 is 0. The van der Waals surface area contributed by atoms with Crippen LogP contribution < -0.4 is 5.73 Å². The topological polar surface area (TPSA) is 79.5 Å². The summed E-state index contributed by atoms with van der Waals surface area (Å²) in [7, 11) is 0. The Morgan fingerprint density at radius 2 is 2.28 bits per heavy atom. The molecule has 98 valence electrons. The molecule has 0 aliphatic heterocycles. The lowest BCUT2D eigenvalue weighted by Crippen LogP contribution is -2.45. The fourth-order valence-corrected chi connectivity index (χ4v) is 2.07. The summed E-state index contributed by atoms with van der Waals surface area (Å²) in [5, 5.41) is 9.05. The largest absolute Gasteiger partial charge is 0.395 e. The van der Waals surface area contributed by atoms with E-state index in [2.05, 4.69) is 4.98 Å². The number of aromatic nitrogens is 1. The Morgan fingerprint density at radius 3 is 2.72 bits per heavy atom. The number of hydrogen-bond acceptors (Lipinski definition) is 4. The Hall–Kier alpha value is -1.46. The average molecular weight is 249 g/mol. The summed E-state index contributed by atoms with van der Waals surface area (Å²) in [5.41, 5.74) is 6.82. The molecule has 5 heteroatoms. The molecule has 0 radical (unpaired) electrons. The van der Waals surface area contributed by atoms with Gasteiger partial charge in [0.1, 0.15) is 5.69 Å². The van der Waals surface area contributed by atoms with Gasteiger partial charge in [-0.25, -0.2) is 0 Å². The van der Waals surface area contributed by atoms with Gasteiger partial charge in [-0.2, -0.15) is 0 Å². The Morgan fingerprint density at radius 1 is 1.50 bits per heavy atom. The van der Waals surface area contributed by atoms with Crippen LogP contribution in [0, 0.1) is 0 Å². The van der Waals surface area contributed by atoms with E-state index in [1.807, 2.05) is 6.07 Å². The number of aliphatic hydroxyl groups is 1. The molecule has 3 N–H and O–H groups in total. The van der Waals surface area contributed by atoms with Crippen molar-refractivity contribution in [2.75, 3.05) is 13.2 Å². The molecule has 1 aliphatic carbocycles. The van der Waals surface area contributed by atoms with Crippen molar-refractivity contribution in [1.82, 2.24) is 9.88 Å². The summed E-state index contributed by atoms with van der Waals surface area (Å²) in [6.45, 7) is 0.789. The van der Waals surface area contributed by atoms with Gasteiger partial charge < -0.3 is 15.7 Å². The van der Waals surface area contributed by atoms with Crippen molar-refractivity contribution < 1.29 is 9.90 Å². The minimum atomic E-state index is -0.0997. The molecule has 0 saturated heterocycles. The predicted molar refractivity (Wildman–Crippen MR) is 67.9 cm³/mol. The molecule has 1 heterocycles. The molecule has 1 aromatic heterocycles. The molecule has 1 saturated carbocycles. The molecule has 1 aliphatic rings. The van der Waals surface area contributed by atoms with E-state index in [9.17, 15) is 4.79 Å². The minimum Gasteiger partial charge on any atom is -0.395 e. The second kappa shape index (κ2) is 5.93. The highest BCUT2D eigenvalue weighted by atomic mass is 16.3. The molecule has 0 spiro atoms. The fourth-order valence-electron chi connectivity index (χ4n) is 2.07. The Balaban J connectivity index is 2.10. The van der Waals surface area contributed by atoms with Gasteiger partial charge in [0.2, 0.25) is 0 Å². The highest BCUT2D eigenvalue weighted by Crippen LogP contribution is 2.25. The van der Waals surface area contributed by atoms with Crippen LogP contribution in [0.3, 0.4) is 0 Å². The summed E-state index contributed by atoms with van der Waals surface area (Å²) in [4.78, 5) is 18.2. The van der Waals surface area contributed by atoms with E-state index in [-0.39, 0.29) is 18.6 Å². The van der Waals surface area contributed by atoms with Crippen molar-refractivity contribution in [3.8, 4) is 0 Å². The van der Waals surface area contributed by atoms with Crippen molar-refractivity contribution in [2.24, 2.45) is 5.73 Å². The van der Waals surface area contributed by atoms with Crippen molar-refractivity contribution in [2.45, 2.75) is 31.8 Å². The van der Waals surface area contributed by atoms with Gasteiger partial charge >= 0.3 is 0 Å². The monoisotopic (exact) mass is 249 g/mol. The first-order valence-corrected chi connectivity index (χ1v) is 6.33. The van der Waals surface area contributed by atoms with E-state index in [0.29, 0.717) is 18.8 Å². The molecule has 1 aromatic rings. The molecule has 1 fully saturated rings. The van der Waals surface area contributed by atoms with Crippen molar-refractivity contribution in [3.63, 3.8) is 0 Å². The van der Waals surface area contributed by atoms with Gasteiger partial charge in [0.05, 0.1) is 6.61 Å². The molecule has 0 aromatic carbocycles. The predicted octanol–water partition coefficient (Wildman–Crippen LogP) is 0.527. The van der Waals surface area contributed by atoms with E-state index in [1.54, 1.807) is 17.2 Å². The SMILES string of the molecule is NCc1ccc(C(=O)N(CCO)C2CCC2)nc1. The number of aliphatic hydroxyl groups excluding tert-OH is 1. The van der Waals surface area contributed by atoms with Gasteiger partial charge in [0.25, 0.3) is 5.91 Å². The maximum absolute atomic E-state index is 12.3. The van der Waals surface area contributed by atoms with Crippen molar-refractivity contribution >= 4 is 5.91 Å². The van der Waals surface area contributed by atoms with E-state index < -0.39 is 0 Å². The number of carbonyl (C=O) groups is 1.